The summed E-state index contributed by atoms with van der Waals surface area (Å²) < 4.78 is 27.6. The lowest BCUT2D eigenvalue weighted by Gasteiger charge is -2.14. The van der Waals surface area contributed by atoms with Gasteiger partial charge in [-0.25, -0.2) is 13.4 Å². The molecule has 12 heteroatoms. The number of nitrogens with zero attached hydrogens (tertiary/aromatic N) is 2. The number of aromatic nitrogens is 1. The van der Waals surface area contributed by atoms with Crippen LogP contribution in [-0.4, -0.2) is 41.0 Å². The minimum absolute atomic E-state index is 0.0330. The summed E-state index contributed by atoms with van der Waals surface area (Å²) in [5.74, 6) is -0.564. The smallest absolute Gasteiger partial charge is 0.266 e. The first-order chi connectivity index (χ1) is 17.3. The van der Waals surface area contributed by atoms with Gasteiger partial charge in [0, 0.05) is 30.2 Å². The largest absolute Gasteiger partial charge is 0.326 e. The number of sulfonamides is 1. The Bertz CT molecular complexity index is 1420. The molecular weight excluding hydrogens is 537 g/mol. The van der Waals surface area contributed by atoms with Gasteiger partial charge in [0.25, 0.3) is 15.9 Å². The number of carbonyl (C=O) groups excluding carboxylic acids is 2. The lowest BCUT2D eigenvalue weighted by atomic mass is 10.2. The van der Waals surface area contributed by atoms with E-state index in [1.54, 1.807) is 17.5 Å². The molecule has 0 aliphatic carbocycles. The second kappa shape index (κ2) is 11.6. The average molecular weight is 557 g/mol. The molecule has 3 aromatic rings. The second-order valence-corrected chi connectivity index (χ2v) is 11.6. The SMILES string of the molecule is O=C(CCN1C(=O)C(=CC=Cc2ccccc2)SC1=S)Nc1ccc(S(=O)(=O)Nc2nccs2)cc1. The Morgan fingerprint density at radius 2 is 1.86 bits per heavy atom. The number of nitrogens with one attached hydrogen (secondary N) is 2. The molecule has 1 fully saturated rings. The fourth-order valence-electron chi connectivity index (χ4n) is 3.12. The van der Waals surface area contributed by atoms with Crippen molar-refractivity contribution in [2.45, 2.75) is 11.3 Å². The van der Waals surface area contributed by atoms with Crippen LogP contribution in [0, 0.1) is 0 Å². The first kappa shape index (κ1) is 25.8. The monoisotopic (exact) mass is 556 g/mol. The van der Waals surface area contributed by atoms with Crippen LogP contribution in [-0.2, 0) is 19.6 Å². The van der Waals surface area contributed by atoms with Crippen molar-refractivity contribution in [3.63, 3.8) is 0 Å². The number of benzene rings is 2. The van der Waals surface area contributed by atoms with E-state index in [2.05, 4.69) is 15.0 Å². The third-order valence-corrected chi connectivity index (χ3v) is 8.44. The van der Waals surface area contributed by atoms with Crippen LogP contribution in [0.4, 0.5) is 10.8 Å². The van der Waals surface area contributed by atoms with Gasteiger partial charge in [0.05, 0.1) is 9.80 Å². The van der Waals surface area contributed by atoms with Crippen LogP contribution in [0.2, 0.25) is 0 Å². The van der Waals surface area contributed by atoms with Gasteiger partial charge in [0.1, 0.15) is 4.32 Å². The molecule has 1 aromatic heterocycles. The maximum atomic E-state index is 12.7. The van der Waals surface area contributed by atoms with E-state index < -0.39 is 10.0 Å². The maximum Gasteiger partial charge on any atom is 0.266 e. The van der Waals surface area contributed by atoms with Crippen LogP contribution in [0.25, 0.3) is 6.08 Å². The third-order valence-electron chi connectivity index (χ3n) is 4.87. The van der Waals surface area contributed by atoms with E-state index in [0.29, 0.717) is 14.9 Å². The first-order valence-electron chi connectivity index (χ1n) is 10.6. The molecule has 1 aliphatic rings. The molecule has 1 saturated heterocycles. The molecule has 0 spiro atoms. The van der Waals surface area contributed by atoms with Crippen LogP contribution in [0.3, 0.4) is 0 Å². The molecule has 184 valence electrons. The van der Waals surface area contributed by atoms with Crippen molar-refractivity contribution in [3.05, 3.63) is 88.8 Å². The molecule has 0 radical (unpaired) electrons. The van der Waals surface area contributed by atoms with E-state index in [4.69, 9.17) is 12.2 Å². The molecule has 2 amide bonds. The molecule has 36 heavy (non-hydrogen) atoms. The third kappa shape index (κ3) is 6.66. The number of carbonyl (C=O) groups is 2. The highest BCUT2D eigenvalue weighted by Gasteiger charge is 2.31. The number of hydrogen-bond acceptors (Lipinski definition) is 8. The summed E-state index contributed by atoms with van der Waals surface area (Å²) in [5.41, 5.74) is 1.45. The molecule has 0 atom stereocenters. The number of allylic oxidation sites excluding steroid dienone is 2. The Balaban J connectivity index is 1.29. The van der Waals surface area contributed by atoms with Crippen molar-refractivity contribution < 1.29 is 18.0 Å². The van der Waals surface area contributed by atoms with Crippen molar-refractivity contribution >= 4 is 78.4 Å². The standard InChI is InChI=1S/C24H20N4O4S4/c29-21(26-18-9-11-19(12-10-18)36(31,32)27-23-25-14-16-34-23)13-15-28-22(30)20(35-24(28)33)8-4-7-17-5-2-1-3-6-17/h1-12,14,16H,13,15H2,(H,25,27)(H,26,29). The van der Waals surface area contributed by atoms with Gasteiger partial charge < -0.3 is 5.32 Å². The zero-order valence-corrected chi connectivity index (χ0v) is 21.9. The van der Waals surface area contributed by atoms with Gasteiger partial charge in [-0.2, -0.15) is 0 Å². The van der Waals surface area contributed by atoms with Crippen LogP contribution in [0.5, 0.6) is 0 Å². The summed E-state index contributed by atoms with van der Waals surface area (Å²) in [6.07, 6.45) is 6.94. The Labute approximate surface area is 222 Å². The maximum absolute atomic E-state index is 12.7. The van der Waals surface area contributed by atoms with Gasteiger partial charge in [-0.05, 0) is 35.9 Å². The van der Waals surface area contributed by atoms with Crippen LogP contribution in [0.15, 0.2) is 88.1 Å². The van der Waals surface area contributed by atoms with Crippen LogP contribution < -0.4 is 10.0 Å². The number of anilines is 2. The average Bonchev–Trinajstić information content (AvgIpc) is 3.46. The number of thioether (sulfide) groups is 1. The molecule has 2 N–H and O–H groups in total. The highest BCUT2D eigenvalue weighted by Crippen LogP contribution is 2.31. The molecule has 0 unspecified atom stereocenters. The molecule has 0 bridgehead atoms. The molecule has 2 aromatic carbocycles. The van der Waals surface area contributed by atoms with Gasteiger partial charge in [-0.3, -0.25) is 19.2 Å². The lowest BCUT2D eigenvalue weighted by molar-refractivity contribution is -0.122. The van der Waals surface area contributed by atoms with E-state index in [9.17, 15) is 18.0 Å². The normalized spacial score (nSPS) is 15.1. The Morgan fingerprint density at radius 3 is 2.56 bits per heavy atom. The molecule has 1 aliphatic heterocycles. The lowest BCUT2D eigenvalue weighted by Crippen LogP contribution is -2.31. The zero-order chi connectivity index (χ0) is 25.5. The van der Waals surface area contributed by atoms with Gasteiger partial charge in [0.15, 0.2) is 5.13 Å². The fourth-order valence-corrected chi connectivity index (χ4v) is 6.17. The van der Waals surface area contributed by atoms with Crippen LogP contribution in [0.1, 0.15) is 12.0 Å². The van der Waals surface area contributed by atoms with Crippen molar-refractivity contribution in [2.75, 3.05) is 16.6 Å². The summed E-state index contributed by atoms with van der Waals surface area (Å²) >= 11 is 7.68. The zero-order valence-electron chi connectivity index (χ0n) is 18.7. The van der Waals surface area contributed by atoms with Gasteiger partial charge in [-0.1, -0.05) is 66.5 Å². The van der Waals surface area contributed by atoms with E-state index in [1.807, 2.05) is 36.4 Å². The van der Waals surface area contributed by atoms with E-state index in [1.165, 1.54) is 58.5 Å². The topological polar surface area (TPSA) is 108 Å². The fraction of sp³-hybridized carbons (Fsp3) is 0.0833. The van der Waals surface area contributed by atoms with Crippen molar-refractivity contribution in [3.8, 4) is 0 Å². The highest BCUT2D eigenvalue weighted by molar-refractivity contribution is 8.26. The number of amides is 2. The first-order valence-corrected chi connectivity index (χ1v) is 14.2. The predicted octanol–water partition coefficient (Wildman–Crippen LogP) is 4.73. The van der Waals surface area contributed by atoms with E-state index in [0.717, 1.165) is 5.56 Å². The van der Waals surface area contributed by atoms with Crippen molar-refractivity contribution in [1.82, 2.24) is 9.88 Å². The minimum atomic E-state index is -3.78. The highest BCUT2D eigenvalue weighted by atomic mass is 32.2. The number of rotatable bonds is 9. The Morgan fingerprint density at radius 1 is 1.11 bits per heavy atom. The molecule has 8 nitrogen and oxygen atoms in total. The second-order valence-electron chi connectivity index (χ2n) is 7.39. The van der Waals surface area contributed by atoms with Gasteiger partial charge >= 0.3 is 0 Å². The summed E-state index contributed by atoms with van der Waals surface area (Å²) in [5, 5.41) is 4.64. The number of thiazole rings is 1. The van der Waals surface area contributed by atoms with Gasteiger partial charge in [0.2, 0.25) is 5.91 Å². The minimum Gasteiger partial charge on any atom is -0.326 e. The Hall–Kier alpha value is -3.32. The van der Waals surface area contributed by atoms with Crippen LogP contribution >= 0.6 is 35.3 Å². The molecule has 4 rings (SSSR count). The van der Waals surface area contributed by atoms with Gasteiger partial charge in [-0.15, -0.1) is 11.3 Å². The van der Waals surface area contributed by atoms with E-state index >= 15 is 0 Å². The summed E-state index contributed by atoms with van der Waals surface area (Å²) in [7, 11) is -3.78. The summed E-state index contributed by atoms with van der Waals surface area (Å²) in [6, 6.07) is 15.5. The summed E-state index contributed by atoms with van der Waals surface area (Å²) in [6.45, 7) is 0.139. The predicted molar refractivity (Wildman–Crippen MR) is 148 cm³/mol. The number of hydrogen-bond donors (Lipinski definition) is 2. The quantitative estimate of drug-likeness (QED) is 0.290. The Kier molecular flexibility index (Phi) is 8.31. The van der Waals surface area contributed by atoms with Crippen molar-refractivity contribution in [2.24, 2.45) is 0 Å². The molecule has 0 saturated carbocycles. The molecular formula is C24H20N4O4S4. The summed E-state index contributed by atoms with van der Waals surface area (Å²) in [4.78, 5) is 31.0. The molecule has 2 heterocycles. The van der Waals surface area contributed by atoms with Crippen molar-refractivity contribution in [1.29, 1.82) is 0 Å². The number of thiocarbonyl (C=S) groups is 1. The van der Waals surface area contributed by atoms with E-state index in [-0.39, 0.29) is 34.8 Å².